The Morgan fingerprint density at radius 1 is 1.31 bits per heavy atom. The zero-order valence-electron chi connectivity index (χ0n) is 20.3. The van der Waals surface area contributed by atoms with E-state index in [1.54, 1.807) is 24.6 Å². The molecule has 2 aromatic heterocycles. The van der Waals surface area contributed by atoms with Gasteiger partial charge in [-0.25, -0.2) is 27.4 Å². The zero-order valence-corrected chi connectivity index (χ0v) is 21.9. The SMILES string of the molecule is CCOc1c(C(C)n2nc(C)c3c(N)ncnc32)cc(Cl)c(C#N)c1C1CN(S(=O)(=O)C(C)C)C1. The van der Waals surface area contributed by atoms with Crippen molar-refractivity contribution in [1.29, 1.82) is 5.26 Å². The van der Waals surface area contributed by atoms with Gasteiger partial charge >= 0.3 is 0 Å². The van der Waals surface area contributed by atoms with Crippen LogP contribution >= 0.6 is 11.6 Å². The van der Waals surface area contributed by atoms with Crippen LogP contribution in [0.5, 0.6) is 5.75 Å². The molecule has 1 fully saturated rings. The monoisotopic (exact) mass is 517 g/mol. The molecule has 1 saturated heterocycles. The second kappa shape index (κ2) is 9.26. The number of fused-ring (bicyclic) bond motifs is 1. The van der Waals surface area contributed by atoms with Crippen LogP contribution in [0.1, 0.15) is 62.0 Å². The van der Waals surface area contributed by atoms with Crippen LogP contribution in [0.25, 0.3) is 11.0 Å². The zero-order chi connectivity index (χ0) is 25.7. The van der Waals surface area contributed by atoms with Crippen molar-refractivity contribution in [1.82, 2.24) is 24.1 Å². The van der Waals surface area contributed by atoms with Crippen LogP contribution < -0.4 is 10.5 Å². The van der Waals surface area contributed by atoms with Crippen LogP contribution in [0.15, 0.2) is 12.4 Å². The van der Waals surface area contributed by atoms with Gasteiger partial charge in [0.2, 0.25) is 10.0 Å². The molecular weight excluding hydrogens is 490 g/mol. The molecule has 35 heavy (non-hydrogen) atoms. The molecule has 0 spiro atoms. The number of hydrogen-bond acceptors (Lipinski definition) is 8. The Balaban J connectivity index is 1.85. The van der Waals surface area contributed by atoms with Gasteiger partial charge < -0.3 is 10.5 Å². The highest BCUT2D eigenvalue weighted by molar-refractivity contribution is 7.89. The lowest BCUT2D eigenvalue weighted by molar-refractivity contribution is 0.250. The topological polar surface area (TPSA) is 140 Å². The number of anilines is 1. The van der Waals surface area contributed by atoms with Crippen molar-refractivity contribution in [3.05, 3.63) is 39.8 Å². The molecule has 1 aromatic carbocycles. The number of sulfonamides is 1. The Morgan fingerprint density at radius 3 is 2.60 bits per heavy atom. The van der Waals surface area contributed by atoms with Crippen molar-refractivity contribution in [3.8, 4) is 11.8 Å². The second-order valence-corrected chi connectivity index (χ2v) is 11.8. The van der Waals surface area contributed by atoms with Gasteiger partial charge in [-0.3, -0.25) is 0 Å². The molecule has 1 aliphatic rings. The fourth-order valence-electron chi connectivity index (χ4n) is 4.49. The lowest BCUT2D eigenvalue weighted by Crippen LogP contribution is -2.51. The van der Waals surface area contributed by atoms with Crippen LogP contribution in [0.2, 0.25) is 5.02 Å². The minimum Gasteiger partial charge on any atom is -0.493 e. The lowest BCUT2D eigenvalue weighted by Gasteiger charge is -2.40. The van der Waals surface area contributed by atoms with Crippen molar-refractivity contribution in [2.24, 2.45) is 0 Å². The van der Waals surface area contributed by atoms with Crippen molar-refractivity contribution in [3.63, 3.8) is 0 Å². The first-order valence-electron chi connectivity index (χ1n) is 11.4. The summed E-state index contributed by atoms with van der Waals surface area (Å²) >= 11 is 6.60. The number of hydrogen-bond donors (Lipinski definition) is 1. The van der Waals surface area contributed by atoms with Gasteiger partial charge in [-0.15, -0.1) is 0 Å². The number of benzene rings is 1. The molecule has 0 radical (unpaired) electrons. The standard InChI is InChI=1S/C23H28ClN7O3S/c1-6-34-21-16(14(5)31-23-19(13(4)29-31)22(26)27-11-28-23)7-18(24)17(8-25)20(21)15-9-30(10-15)35(32,33)12(2)3/h7,11-12,14-15H,6,9-10H2,1-5H3,(H2,26,27,28). The summed E-state index contributed by atoms with van der Waals surface area (Å²) in [5.74, 6) is 0.643. The molecule has 186 valence electrons. The summed E-state index contributed by atoms with van der Waals surface area (Å²) < 4.78 is 34.5. The van der Waals surface area contributed by atoms with Gasteiger partial charge in [0.25, 0.3) is 0 Å². The van der Waals surface area contributed by atoms with Gasteiger partial charge in [0.15, 0.2) is 5.65 Å². The Hall–Kier alpha value is -2.94. The second-order valence-electron chi connectivity index (χ2n) is 8.88. The molecule has 0 bridgehead atoms. The average molecular weight is 518 g/mol. The lowest BCUT2D eigenvalue weighted by atomic mass is 9.86. The van der Waals surface area contributed by atoms with Gasteiger partial charge in [-0.1, -0.05) is 11.6 Å². The molecule has 2 N–H and O–H groups in total. The number of nitriles is 1. The number of aromatic nitrogens is 4. The van der Waals surface area contributed by atoms with E-state index in [1.807, 2.05) is 20.8 Å². The maximum absolute atomic E-state index is 12.6. The van der Waals surface area contributed by atoms with Gasteiger partial charge in [-0.2, -0.15) is 10.4 Å². The number of rotatable bonds is 7. The highest BCUT2D eigenvalue weighted by Gasteiger charge is 2.41. The summed E-state index contributed by atoms with van der Waals surface area (Å²) in [6.45, 7) is 9.81. The largest absolute Gasteiger partial charge is 0.493 e. The van der Waals surface area contributed by atoms with E-state index in [0.717, 1.165) is 5.56 Å². The number of halogens is 1. The van der Waals surface area contributed by atoms with Gasteiger partial charge in [0.05, 0.1) is 39.6 Å². The van der Waals surface area contributed by atoms with E-state index in [9.17, 15) is 13.7 Å². The highest BCUT2D eigenvalue weighted by atomic mass is 35.5. The van der Waals surface area contributed by atoms with E-state index in [1.165, 1.54) is 10.6 Å². The van der Waals surface area contributed by atoms with Gasteiger partial charge in [0, 0.05) is 30.1 Å². The van der Waals surface area contributed by atoms with Crippen LogP contribution in [0, 0.1) is 18.3 Å². The van der Waals surface area contributed by atoms with Crippen LogP contribution in [-0.4, -0.2) is 57.4 Å². The molecule has 3 heterocycles. The summed E-state index contributed by atoms with van der Waals surface area (Å²) in [7, 11) is -3.39. The maximum atomic E-state index is 12.6. The smallest absolute Gasteiger partial charge is 0.216 e. The number of nitrogens with zero attached hydrogens (tertiary/aromatic N) is 6. The summed E-state index contributed by atoms with van der Waals surface area (Å²) in [5, 5.41) is 15.0. The molecule has 0 aliphatic carbocycles. The van der Waals surface area contributed by atoms with Gasteiger partial charge in [-0.05, 0) is 40.7 Å². The fourth-order valence-corrected chi connectivity index (χ4v) is 6.12. The van der Waals surface area contributed by atoms with Crippen molar-refractivity contribution in [2.45, 2.75) is 51.8 Å². The van der Waals surface area contributed by atoms with E-state index in [4.69, 9.17) is 22.1 Å². The summed E-state index contributed by atoms with van der Waals surface area (Å²) in [6, 6.07) is 3.54. The first-order chi connectivity index (χ1) is 16.5. The third kappa shape index (κ3) is 4.09. The third-order valence-electron chi connectivity index (χ3n) is 6.42. The van der Waals surface area contributed by atoms with Crippen molar-refractivity contribution >= 4 is 38.5 Å². The third-order valence-corrected chi connectivity index (χ3v) is 8.93. The first kappa shape index (κ1) is 25.2. The summed E-state index contributed by atoms with van der Waals surface area (Å²) in [5.41, 5.74) is 8.98. The van der Waals surface area contributed by atoms with Crippen LogP contribution in [0.3, 0.4) is 0 Å². The number of nitrogen functional groups attached to an aromatic ring is 1. The number of nitrogens with two attached hydrogens (primary N) is 1. The van der Waals surface area contributed by atoms with Crippen molar-refractivity contribution < 1.29 is 13.2 Å². The highest BCUT2D eigenvalue weighted by Crippen LogP contribution is 2.45. The van der Waals surface area contributed by atoms with Gasteiger partial charge in [0.1, 0.15) is 24.0 Å². The Kier molecular flexibility index (Phi) is 6.66. The van der Waals surface area contributed by atoms with E-state index >= 15 is 0 Å². The Morgan fingerprint density at radius 2 is 2.00 bits per heavy atom. The molecule has 4 rings (SSSR count). The normalized spacial score (nSPS) is 15.8. The molecular formula is C23H28ClN7O3S. The predicted molar refractivity (Wildman–Crippen MR) is 134 cm³/mol. The quantitative estimate of drug-likeness (QED) is 0.502. The van der Waals surface area contributed by atoms with Crippen LogP contribution in [0.4, 0.5) is 5.82 Å². The van der Waals surface area contributed by atoms with E-state index in [-0.39, 0.29) is 30.1 Å². The Labute approximate surface area is 209 Å². The molecule has 0 amide bonds. The molecule has 12 heteroatoms. The summed E-state index contributed by atoms with van der Waals surface area (Å²) in [6.07, 6.45) is 1.39. The Bertz CT molecular complexity index is 1440. The minimum absolute atomic E-state index is 0.224. The molecule has 1 unspecified atom stereocenters. The summed E-state index contributed by atoms with van der Waals surface area (Å²) in [4.78, 5) is 8.46. The first-order valence-corrected chi connectivity index (χ1v) is 13.2. The van der Waals surface area contributed by atoms with E-state index in [2.05, 4.69) is 21.1 Å². The van der Waals surface area contributed by atoms with E-state index < -0.39 is 15.3 Å². The van der Waals surface area contributed by atoms with Crippen molar-refractivity contribution in [2.75, 3.05) is 25.4 Å². The predicted octanol–water partition coefficient (Wildman–Crippen LogP) is 3.39. The molecule has 1 aliphatic heterocycles. The minimum atomic E-state index is -3.39. The molecule has 1 atom stereocenters. The van der Waals surface area contributed by atoms with E-state index in [0.29, 0.717) is 46.0 Å². The van der Waals surface area contributed by atoms with Crippen LogP contribution in [-0.2, 0) is 10.0 Å². The molecule has 3 aromatic rings. The number of ether oxygens (including phenoxy) is 1. The number of aryl methyl sites for hydroxylation is 1. The molecule has 0 saturated carbocycles. The average Bonchev–Trinajstić information content (AvgIpc) is 3.11. The fraction of sp³-hybridized carbons (Fsp3) is 0.478. The maximum Gasteiger partial charge on any atom is 0.216 e. The molecule has 10 nitrogen and oxygen atoms in total.